The lowest BCUT2D eigenvalue weighted by Crippen LogP contribution is -2.32. The number of nitrogens with one attached hydrogen (secondary N) is 2. The number of nitrogen functional groups attached to an aromatic ring is 1. The number of aromatic nitrogens is 1. The summed E-state index contributed by atoms with van der Waals surface area (Å²) in [4.78, 5) is 3.89. The minimum absolute atomic E-state index is 0.0735. The van der Waals surface area contributed by atoms with Gasteiger partial charge in [-0.05, 0) is 25.2 Å². The number of thioether (sulfide) groups is 1. The number of nitrogens with zero attached hydrogens (tertiary/aromatic N) is 1. The molecule has 6 nitrogen and oxygen atoms in total. The van der Waals surface area contributed by atoms with Crippen molar-refractivity contribution >= 4 is 27.5 Å². The summed E-state index contributed by atoms with van der Waals surface area (Å²) in [5.74, 6) is 5.29. The number of nitrogens with two attached hydrogens (primary N) is 1. The number of hydrogen-bond donors (Lipinski definition) is 3. The molecule has 1 heterocycles. The highest BCUT2D eigenvalue weighted by molar-refractivity contribution is 8.00. The smallest absolute Gasteiger partial charge is 0.244 e. The Hall–Kier alpha value is -0.830. The molecule has 1 aromatic rings. The van der Waals surface area contributed by atoms with Gasteiger partial charge in [0.15, 0.2) is 0 Å². The summed E-state index contributed by atoms with van der Waals surface area (Å²) >= 11 is 1.70. The molecule has 0 radical (unpaired) electrons. The molecule has 0 bridgehead atoms. The van der Waals surface area contributed by atoms with E-state index in [4.69, 9.17) is 5.84 Å². The van der Waals surface area contributed by atoms with Crippen LogP contribution in [0.15, 0.2) is 23.4 Å². The second kappa shape index (κ2) is 5.04. The van der Waals surface area contributed by atoms with Crippen molar-refractivity contribution < 1.29 is 8.42 Å². The van der Waals surface area contributed by atoms with Crippen molar-refractivity contribution in [1.82, 2.24) is 9.71 Å². The van der Waals surface area contributed by atoms with Crippen molar-refractivity contribution in [3.05, 3.63) is 18.5 Å². The monoisotopic (exact) mass is 288 g/mol. The molecule has 4 N–H and O–H groups in total. The van der Waals surface area contributed by atoms with Crippen LogP contribution < -0.4 is 16.0 Å². The van der Waals surface area contributed by atoms with E-state index in [2.05, 4.69) is 15.1 Å². The van der Waals surface area contributed by atoms with Crippen LogP contribution in [-0.4, -0.2) is 30.9 Å². The standard InChI is InChI=1S/C10H16N4O2S2/c1-17-10(3-4-10)7-13-18(15,16)9-6-12-5-2-8(9)14-11/h2,5-6,13H,3-4,7,11H2,1H3,(H,12,14). The van der Waals surface area contributed by atoms with Gasteiger partial charge >= 0.3 is 0 Å². The number of anilines is 1. The lowest BCUT2D eigenvalue weighted by molar-refractivity contribution is 0.579. The molecular weight excluding hydrogens is 272 g/mol. The lowest BCUT2D eigenvalue weighted by atomic mass is 10.4. The Labute approximate surface area is 111 Å². The van der Waals surface area contributed by atoms with Gasteiger partial charge in [-0.1, -0.05) is 0 Å². The highest BCUT2D eigenvalue weighted by atomic mass is 32.2. The summed E-state index contributed by atoms with van der Waals surface area (Å²) in [5.41, 5.74) is 2.70. The summed E-state index contributed by atoms with van der Waals surface area (Å²) in [7, 11) is -3.57. The number of rotatable bonds is 6. The van der Waals surface area contributed by atoms with Crippen LogP contribution in [0.4, 0.5) is 5.69 Å². The van der Waals surface area contributed by atoms with Crippen LogP contribution in [0.5, 0.6) is 0 Å². The van der Waals surface area contributed by atoms with Crippen molar-refractivity contribution in [1.29, 1.82) is 0 Å². The van der Waals surface area contributed by atoms with Crippen molar-refractivity contribution in [3.63, 3.8) is 0 Å². The van der Waals surface area contributed by atoms with E-state index in [0.717, 1.165) is 12.8 Å². The van der Waals surface area contributed by atoms with Crippen LogP contribution in [0.2, 0.25) is 0 Å². The lowest BCUT2D eigenvalue weighted by Gasteiger charge is -2.14. The molecule has 1 saturated carbocycles. The number of pyridine rings is 1. The van der Waals surface area contributed by atoms with E-state index < -0.39 is 10.0 Å². The zero-order chi connectivity index (χ0) is 13.2. The van der Waals surface area contributed by atoms with E-state index in [1.165, 1.54) is 18.5 Å². The van der Waals surface area contributed by atoms with Crippen LogP contribution in [0.25, 0.3) is 0 Å². The van der Waals surface area contributed by atoms with Crippen molar-refractivity contribution in [3.8, 4) is 0 Å². The Morgan fingerprint density at radius 3 is 2.83 bits per heavy atom. The minimum atomic E-state index is -3.57. The zero-order valence-corrected chi connectivity index (χ0v) is 11.6. The predicted molar refractivity (Wildman–Crippen MR) is 72.7 cm³/mol. The molecule has 1 fully saturated rings. The Morgan fingerprint density at radius 1 is 1.56 bits per heavy atom. The number of hydrogen-bond acceptors (Lipinski definition) is 6. The SMILES string of the molecule is CSC1(CNS(=O)(=O)c2cnccc2NN)CC1. The predicted octanol–water partition coefficient (Wildman–Crippen LogP) is 0.541. The van der Waals surface area contributed by atoms with Crippen LogP contribution in [0.3, 0.4) is 0 Å². The molecular formula is C10H16N4O2S2. The Bertz CT molecular complexity index is 528. The van der Waals surface area contributed by atoms with Crippen LogP contribution >= 0.6 is 11.8 Å². The highest BCUT2D eigenvalue weighted by Crippen LogP contribution is 2.46. The van der Waals surface area contributed by atoms with Crippen molar-refractivity contribution in [2.75, 3.05) is 18.2 Å². The van der Waals surface area contributed by atoms with E-state index in [1.807, 2.05) is 6.26 Å². The van der Waals surface area contributed by atoms with Gasteiger partial charge in [0.05, 0.1) is 5.69 Å². The molecule has 0 atom stereocenters. The topological polar surface area (TPSA) is 97.1 Å². The Kier molecular flexibility index (Phi) is 3.81. The molecule has 1 aromatic heterocycles. The molecule has 18 heavy (non-hydrogen) atoms. The largest absolute Gasteiger partial charge is 0.323 e. The van der Waals surface area contributed by atoms with Gasteiger partial charge in [0, 0.05) is 23.7 Å². The van der Waals surface area contributed by atoms with Crippen molar-refractivity contribution in [2.24, 2.45) is 5.84 Å². The maximum atomic E-state index is 12.1. The molecule has 1 aliphatic carbocycles. The van der Waals surface area contributed by atoms with Gasteiger partial charge in [-0.2, -0.15) is 11.8 Å². The van der Waals surface area contributed by atoms with E-state index >= 15 is 0 Å². The van der Waals surface area contributed by atoms with E-state index in [-0.39, 0.29) is 9.64 Å². The molecule has 1 aliphatic rings. The van der Waals surface area contributed by atoms with Crippen LogP contribution in [0.1, 0.15) is 12.8 Å². The third kappa shape index (κ3) is 2.77. The summed E-state index contributed by atoms with van der Waals surface area (Å²) < 4.78 is 27.0. The maximum Gasteiger partial charge on any atom is 0.244 e. The normalized spacial score (nSPS) is 17.4. The first kappa shape index (κ1) is 13.6. The minimum Gasteiger partial charge on any atom is -0.323 e. The molecule has 0 amide bonds. The van der Waals surface area contributed by atoms with Crippen molar-refractivity contribution in [2.45, 2.75) is 22.5 Å². The van der Waals surface area contributed by atoms with Crippen LogP contribution in [0, 0.1) is 0 Å². The number of hydrazine groups is 1. The molecule has 8 heteroatoms. The maximum absolute atomic E-state index is 12.1. The number of sulfonamides is 1. The average Bonchev–Trinajstić information content (AvgIpc) is 3.17. The Balaban J connectivity index is 2.15. The quantitative estimate of drug-likeness (QED) is 0.522. The van der Waals surface area contributed by atoms with Gasteiger partial charge in [-0.15, -0.1) is 0 Å². The average molecular weight is 288 g/mol. The first-order chi connectivity index (χ1) is 8.53. The molecule has 0 spiro atoms. The van der Waals surface area contributed by atoms with Gasteiger partial charge in [-0.25, -0.2) is 13.1 Å². The molecule has 2 rings (SSSR count). The molecule has 0 unspecified atom stereocenters. The van der Waals surface area contributed by atoms with E-state index in [0.29, 0.717) is 12.2 Å². The fourth-order valence-electron chi connectivity index (χ4n) is 1.61. The fraction of sp³-hybridized carbons (Fsp3) is 0.500. The molecule has 0 saturated heterocycles. The van der Waals surface area contributed by atoms with Gasteiger partial charge in [0.2, 0.25) is 10.0 Å². The zero-order valence-electron chi connectivity index (χ0n) is 10.0. The van der Waals surface area contributed by atoms with Gasteiger partial charge in [0.25, 0.3) is 0 Å². The first-order valence-corrected chi connectivity index (χ1v) is 8.19. The van der Waals surface area contributed by atoms with Crippen LogP contribution in [-0.2, 0) is 10.0 Å². The summed E-state index contributed by atoms with van der Waals surface area (Å²) in [6.45, 7) is 0.440. The third-order valence-corrected chi connectivity index (χ3v) is 5.90. The van der Waals surface area contributed by atoms with E-state index in [9.17, 15) is 8.42 Å². The fourth-order valence-corrected chi connectivity index (χ4v) is 3.67. The third-order valence-electron chi connectivity index (χ3n) is 3.05. The Morgan fingerprint density at radius 2 is 2.28 bits per heavy atom. The summed E-state index contributed by atoms with van der Waals surface area (Å²) in [6.07, 6.45) is 6.87. The second-order valence-corrected chi connectivity index (χ2v) is 7.24. The summed E-state index contributed by atoms with van der Waals surface area (Å²) in [5, 5.41) is 0. The highest BCUT2D eigenvalue weighted by Gasteiger charge is 2.42. The summed E-state index contributed by atoms with van der Waals surface area (Å²) in [6, 6.07) is 1.52. The second-order valence-electron chi connectivity index (χ2n) is 4.23. The van der Waals surface area contributed by atoms with E-state index in [1.54, 1.807) is 11.8 Å². The first-order valence-electron chi connectivity index (χ1n) is 5.48. The van der Waals surface area contributed by atoms with Gasteiger partial charge in [-0.3, -0.25) is 10.8 Å². The van der Waals surface area contributed by atoms with Gasteiger partial charge < -0.3 is 5.43 Å². The van der Waals surface area contributed by atoms with Gasteiger partial charge in [0.1, 0.15) is 4.90 Å². The molecule has 100 valence electrons. The molecule has 0 aromatic carbocycles. The molecule has 0 aliphatic heterocycles.